The van der Waals surface area contributed by atoms with Gasteiger partial charge in [0, 0.05) is 33.4 Å². The maximum Gasteiger partial charge on any atom is 0.409 e. The maximum absolute atomic E-state index is 12.5. The topological polar surface area (TPSA) is 51.2 Å². The van der Waals surface area contributed by atoms with Gasteiger partial charge in [0.1, 0.15) is 12.2 Å². The van der Waals surface area contributed by atoms with Gasteiger partial charge < -0.3 is 24.0 Å². The second kappa shape index (κ2) is 23.7. The van der Waals surface area contributed by atoms with Crippen LogP contribution in [0.15, 0.2) is 35.9 Å². The third-order valence-electron chi connectivity index (χ3n) is 8.35. The van der Waals surface area contributed by atoms with E-state index >= 15 is 0 Å². The summed E-state index contributed by atoms with van der Waals surface area (Å²) >= 11 is 1.82. The highest BCUT2D eigenvalue weighted by molar-refractivity contribution is 8.02. The first-order chi connectivity index (χ1) is 21.0. The van der Waals surface area contributed by atoms with Crippen LogP contribution in [0.1, 0.15) is 128 Å². The minimum absolute atomic E-state index is 0.159. The summed E-state index contributed by atoms with van der Waals surface area (Å²) in [5, 5.41) is 2.13. The Morgan fingerprint density at radius 1 is 0.837 bits per heavy atom. The van der Waals surface area contributed by atoms with Crippen LogP contribution < -0.4 is 0 Å². The van der Waals surface area contributed by atoms with Crippen LogP contribution in [0.25, 0.3) is 0 Å². The van der Waals surface area contributed by atoms with Crippen molar-refractivity contribution in [3.8, 4) is 0 Å². The number of amides is 1. The molecule has 246 valence electrons. The van der Waals surface area contributed by atoms with E-state index in [1.54, 1.807) is 12.0 Å². The number of unbranched alkanes of at least 4 members (excludes halogenated alkanes) is 15. The summed E-state index contributed by atoms with van der Waals surface area (Å²) in [4.78, 5) is 16.5. The number of nitrogens with zero attached hydrogens (tertiary/aromatic N) is 2. The van der Waals surface area contributed by atoms with E-state index in [1.165, 1.54) is 95.5 Å². The number of hydrogen-bond acceptors (Lipinski definition) is 6. The van der Waals surface area contributed by atoms with E-state index in [0.717, 1.165) is 37.4 Å². The second-order valence-electron chi connectivity index (χ2n) is 12.6. The lowest BCUT2D eigenvalue weighted by Crippen LogP contribution is -2.41. The van der Waals surface area contributed by atoms with E-state index in [0.29, 0.717) is 13.2 Å². The third-order valence-corrected chi connectivity index (χ3v) is 9.14. The summed E-state index contributed by atoms with van der Waals surface area (Å²) in [7, 11) is 3.45. The molecule has 1 aromatic carbocycles. The number of thioether (sulfide) groups is 1. The second-order valence-corrected chi connectivity index (χ2v) is 13.4. The lowest BCUT2D eigenvalue weighted by molar-refractivity contribution is -0.0986. The van der Waals surface area contributed by atoms with Crippen molar-refractivity contribution in [1.82, 2.24) is 9.80 Å². The van der Waals surface area contributed by atoms with Gasteiger partial charge in [-0.05, 0) is 29.9 Å². The van der Waals surface area contributed by atoms with Crippen LogP contribution in [-0.4, -0.2) is 61.3 Å². The quantitative estimate of drug-likeness (QED) is 0.0963. The molecule has 1 heterocycles. The predicted octanol–water partition coefficient (Wildman–Crippen LogP) is 9.92. The molecule has 1 amide bonds. The molecule has 6 nitrogen and oxygen atoms in total. The number of carbonyl (C=O) groups excluding carboxylic acids is 1. The normalized spacial score (nSPS) is 14.3. The molecule has 0 aliphatic carbocycles. The zero-order chi connectivity index (χ0) is 31.0. The van der Waals surface area contributed by atoms with E-state index in [4.69, 9.17) is 14.2 Å². The van der Waals surface area contributed by atoms with Gasteiger partial charge in [0.15, 0.2) is 0 Å². The van der Waals surface area contributed by atoms with Gasteiger partial charge in [-0.25, -0.2) is 4.79 Å². The van der Waals surface area contributed by atoms with Crippen molar-refractivity contribution in [2.45, 2.75) is 135 Å². The van der Waals surface area contributed by atoms with Crippen molar-refractivity contribution in [2.75, 3.05) is 39.8 Å². The van der Waals surface area contributed by atoms with Crippen molar-refractivity contribution in [1.29, 1.82) is 0 Å². The fourth-order valence-corrected chi connectivity index (χ4v) is 5.96. The van der Waals surface area contributed by atoms with Crippen molar-refractivity contribution in [3.63, 3.8) is 0 Å². The molecule has 0 N–H and O–H groups in total. The van der Waals surface area contributed by atoms with Gasteiger partial charge in [0.05, 0.1) is 19.1 Å². The van der Waals surface area contributed by atoms with Gasteiger partial charge in [-0.15, -0.1) is 11.8 Å². The van der Waals surface area contributed by atoms with E-state index in [-0.39, 0.29) is 12.7 Å². The summed E-state index contributed by atoms with van der Waals surface area (Å²) in [5.74, 6) is 1.01. The van der Waals surface area contributed by atoms with Gasteiger partial charge in [-0.3, -0.25) is 0 Å². The smallest absolute Gasteiger partial charge is 0.409 e. The number of benzene rings is 1. The van der Waals surface area contributed by atoms with Crippen LogP contribution in [0.2, 0.25) is 0 Å². The first kappa shape index (κ1) is 37.5. The van der Waals surface area contributed by atoms with Crippen LogP contribution in [0, 0.1) is 0 Å². The van der Waals surface area contributed by atoms with Crippen LogP contribution in [0.5, 0.6) is 0 Å². The molecule has 2 rings (SSSR count). The molecular formula is C36H62N2O4S. The Balaban J connectivity index is 1.45. The van der Waals surface area contributed by atoms with E-state index < -0.39 is 5.60 Å². The highest BCUT2D eigenvalue weighted by Gasteiger charge is 2.27. The molecule has 7 heteroatoms. The SMILES string of the molecule is CCCCCCCCCCCCCCCCCCN(C)C(=O)OCC(C)(COCc1ccc(CN2C=CSC2)cc1)OC. The van der Waals surface area contributed by atoms with Gasteiger partial charge in [0.25, 0.3) is 0 Å². The Morgan fingerprint density at radius 2 is 1.37 bits per heavy atom. The zero-order valence-electron chi connectivity index (χ0n) is 28.0. The van der Waals surface area contributed by atoms with E-state index in [2.05, 4.69) is 47.7 Å². The average Bonchev–Trinajstić information content (AvgIpc) is 3.53. The molecule has 0 bridgehead atoms. The van der Waals surface area contributed by atoms with Gasteiger partial charge in [-0.2, -0.15) is 0 Å². The molecular weight excluding hydrogens is 556 g/mol. The van der Waals surface area contributed by atoms with Crippen LogP contribution in [-0.2, 0) is 27.4 Å². The summed E-state index contributed by atoms with van der Waals surface area (Å²) < 4.78 is 17.2. The Kier molecular flexibility index (Phi) is 20.6. The van der Waals surface area contributed by atoms with Gasteiger partial charge >= 0.3 is 6.09 Å². The molecule has 0 saturated heterocycles. The van der Waals surface area contributed by atoms with Crippen LogP contribution in [0.4, 0.5) is 4.79 Å². The van der Waals surface area contributed by atoms with Crippen molar-refractivity contribution in [3.05, 3.63) is 47.0 Å². The maximum atomic E-state index is 12.5. The molecule has 1 atom stereocenters. The highest BCUT2D eigenvalue weighted by atomic mass is 32.2. The highest BCUT2D eigenvalue weighted by Crippen LogP contribution is 2.19. The monoisotopic (exact) mass is 618 g/mol. The minimum Gasteiger partial charge on any atom is -0.446 e. The first-order valence-corrected chi connectivity index (χ1v) is 18.1. The standard InChI is InChI=1S/C36H62N2O4S/c1-5-6-7-8-9-10-11-12-13-14-15-16-17-18-19-20-25-37(3)35(39)42-31-36(2,40-4)30-41-29-34-23-21-33(22-24-34)28-38-26-27-43-32-38/h21-24,26-27H,5-20,25,28-32H2,1-4H3. The summed E-state index contributed by atoms with van der Waals surface area (Å²) in [6, 6.07) is 8.53. The summed E-state index contributed by atoms with van der Waals surface area (Å²) in [6.07, 6.45) is 23.4. The number of carbonyl (C=O) groups is 1. The molecule has 1 aliphatic heterocycles. The Bertz CT molecular complexity index is 865. The molecule has 0 fully saturated rings. The van der Waals surface area contributed by atoms with Crippen LogP contribution in [0.3, 0.4) is 0 Å². The zero-order valence-corrected chi connectivity index (χ0v) is 28.8. The Hall–Kier alpha value is -1.70. The van der Waals surface area contributed by atoms with E-state index in [9.17, 15) is 4.79 Å². The largest absolute Gasteiger partial charge is 0.446 e. The molecule has 0 radical (unpaired) electrons. The number of rotatable bonds is 26. The molecule has 43 heavy (non-hydrogen) atoms. The molecule has 0 aromatic heterocycles. The molecule has 1 aromatic rings. The first-order valence-electron chi connectivity index (χ1n) is 17.1. The number of methoxy groups -OCH3 is 1. The fraction of sp³-hybridized carbons (Fsp3) is 0.750. The third kappa shape index (κ3) is 18.0. The van der Waals surface area contributed by atoms with Gasteiger partial charge in [0.2, 0.25) is 0 Å². The number of ether oxygens (including phenoxy) is 3. The van der Waals surface area contributed by atoms with Crippen molar-refractivity contribution < 1.29 is 19.0 Å². The molecule has 0 spiro atoms. The Morgan fingerprint density at radius 3 is 1.88 bits per heavy atom. The van der Waals surface area contributed by atoms with Gasteiger partial charge in [-0.1, -0.05) is 128 Å². The minimum atomic E-state index is -0.690. The molecule has 1 unspecified atom stereocenters. The molecule has 1 aliphatic rings. The lowest BCUT2D eigenvalue weighted by Gasteiger charge is -2.28. The van der Waals surface area contributed by atoms with E-state index in [1.807, 2.05) is 25.7 Å². The summed E-state index contributed by atoms with van der Waals surface area (Å²) in [6.45, 7) is 6.84. The average molecular weight is 619 g/mol. The van der Waals surface area contributed by atoms with Crippen LogP contribution >= 0.6 is 11.8 Å². The molecule has 0 saturated carbocycles. The van der Waals surface area contributed by atoms with Crippen molar-refractivity contribution in [2.24, 2.45) is 0 Å². The fourth-order valence-electron chi connectivity index (χ4n) is 5.24. The summed E-state index contributed by atoms with van der Waals surface area (Å²) in [5.41, 5.74) is 1.71. The Labute approximate surface area is 268 Å². The predicted molar refractivity (Wildman–Crippen MR) is 182 cm³/mol. The number of hydrogen-bond donors (Lipinski definition) is 0. The lowest BCUT2D eigenvalue weighted by atomic mass is 10.0. The van der Waals surface area contributed by atoms with Crippen molar-refractivity contribution >= 4 is 17.9 Å².